The van der Waals surface area contributed by atoms with E-state index in [4.69, 9.17) is 4.74 Å². The van der Waals surface area contributed by atoms with Crippen molar-refractivity contribution in [1.29, 1.82) is 5.26 Å². The second kappa shape index (κ2) is 9.15. The number of rotatable bonds is 5. The fourth-order valence-corrected chi connectivity index (χ4v) is 3.62. The standard InChI is InChI=1S/C27H29N3O2/c1-18-15-20(19(2)30(18)24-11-7-22(8-12-24)27(3,4)5)16-21(17-28)26(31)29-23-9-13-25(32-6)14-10-23/h7-16H,1-6H3,(H,29,31)/b21-16+. The number of nitriles is 1. The number of hydrogen-bond acceptors (Lipinski definition) is 3. The molecule has 1 aromatic heterocycles. The smallest absolute Gasteiger partial charge is 0.266 e. The number of nitrogens with one attached hydrogen (secondary N) is 1. The summed E-state index contributed by atoms with van der Waals surface area (Å²) in [6, 6.07) is 19.5. The second-order valence-electron chi connectivity index (χ2n) is 8.81. The van der Waals surface area contributed by atoms with E-state index >= 15 is 0 Å². The zero-order valence-corrected chi connectivity index (χ0v) is 19.5. The summed E-state index contributed by atoms with van der Waals surface area (Å²) >= 11 is 0. The third kappa shape index (κ3) is 4.92. The lowest BCUT2D eigenvalue weighted by Gasteiger charge is -2.20. The van der Waals surface area contributed by atoms with Crippen LogP contribution in [0.5, 0.6) is 5.75 Å². The van der Waals surface area contributed by atoms with Gasteiger partial charge in [0.15, 0.2) is 0 Å². The van der Waals surface area contributed by atoms with Crippen LogP contribution >= 0.6 is 0 Å². The van der Waals surface area contributed by atoms with Gasteiger partial charge in [0.25, 0.3) is 5.91 Å². The summed E-state index contributed by atoms with van der Waals surface area (Å²) in [6.45, 7) is 10.6. The zero-order valence-electron chi connectivity index (χ0n) is 19.5. The van der Waals surface area contributed by atoms with Crippen LogP contribution in [-0.4, -0.2) is 17.6 Å². The Bertz CT molecular complexity index is 1190. The first-order valence-corrected chi connectivity index (χ1v) is 10.5. The number of methoxy groups -OCH3 is 1. The van der Waals surface area contributed by atoms with Crippen LogP contribution in [0.4, 0.5) is 5.69 Å². The van der Waals surface area contributed by atoms with Gasteiger partial charge in [-0.1, -0.05) is 32.9 Å². The van der Waals surface area contributed by atoms with E-state index in [-0.39, 0.29) is 11.0 Å². The molecule has 0 aliphatic carbocycles. The van der Waals surface area contributed by atoms with Crippen LogP contribution in [0.15, 0.2) is 60.2 Å². The minimum absolute atomic E-state index is 0.0455. The highest BCUT2D eigenvalue weighted by Crippen LogP contribution is 2.27. The molecule has 32 heavy (non-hydrogen) atoms. The van der Waals surface area contributed by atoms with E-state index in [9.17, 15) is 10.1 Å². The summed E-state index contributed by atoms with van der Waals surface area (Å²) in [4.78, 5) is 12.7. The van der Waals surface area contributed by atoms with Crippen molar-refractivity contribution < 1.29 is 9.53 Å². The number of carbonyl (C=O) groups excluding carboxylic acids is 1. The van der Waals surface area contributed by atoms with Crippen LogP contribution < -0.4 is 10.1 Å². The lowest BCUT2D eigenvalue weighted by atomic mass is 9.87. The number of aryl methyl sites for hydroxylation is 1. The Balaban J connectivity index is 1.88. The van der Waals surface area contributed by atoms with Crippen molar-refractivity contribution in [3.8, 4) is 17.5 Å². The normalized spacial score (nSPS) is 11.7. The predicted octanol–water partition coefficient (Wildman–Crippen LogP) is 5.95. The average Bonchev–Trinajstić information content (AvgIpc) is 3.04. The van der Waals surface area contributed by atoms with E-state index in [1.165, 1.54) is 5.56 Å². The number of nitrogens with zero attached hydrogens (tertiary/aromatic N) is 2. The molecule has 2 aromatic carbocycles. The van der Waals surface area contributed by atoms with E-state index in [0.29, 0.717) is 11.4 Å². The van der Waals surface area contributed by atoms with Crippen molar-refractivity contribution in [1.82, 2.24) is 4.57 Å². The van der Waals surface area contributed by atoms with Crippen molar-refractivity contribution in [2.24, 2.45) is 0 Å². The molecule has 5 heteroatoms. The van der Waals surface area contributed by atoms with Gasteiger partial charge in [-0.15, -0.1) is 0 Å². The number of aromatic nitrogens is 1. The SMILES string of the molecule is COc1ccc(NC(=O)/C(C#N)=C/c2cc(C)n(-c3ccc(C(C)(C)C)cc3)c2C)cc1. The van der Waals surface area contributed by atoms with Gasteiger partial charge in [0.1, 0.15) is 17.4 Å². The fourth-order valence-electron chi connectivity index (χ4n) is 3.62. The van der Waals surface area contributed by atoms with Crippen molar-refractivity contribution in [3.05, 3.63) is 82.7 Å². The summed E-state index contributed by atoms with van der Waals surface area (Å²) in [5, 5.41) is 12.4. The summed E-state index contributed by atoms with van der Waals surface area (Å²) < 4.78 is 7.26. The number of anilines is 1. The molecule has 3 rings (SSSR count). The Morgan fingerprint density at radius 1 is 1.06 bits per heavy atom. The Morgan fingerprint density at radius 2 is 1.69 bits per heavy atom. The summed E-state index contributed by atoms with van der Waals surface area (Å²) in [5.74, 6) is 0.249. The monoisotopic (exact) mass is 427 g/mol. The van der Waals surface area contributed by atoms with Crippen LogP contribution in [0.2, 0.25) is 0 Å². The number of benzene rings is 2. The van der Waals surface area contributed by atoms with Crippen molar-refractivity contribution in [2.45, 2.75) is 40.0 Å². The highest BCUT2D eigenvalue weighted by molar-refractivity contribution is 6.09. The van der Waals surface area contributed by atoms with Crippen LogP contribution in [0, 0.1) is 25.2 Å². The highest BCUT2D eigenvalue weighted by atomic mass is 16.5. The van der Waals surface area contributed by atoms with Crippen LogP contribution in [-0.2, 0) is 10.2 Å². The molecule has 0 aliphatic heterocycles. The Morgan fingerprint density at radius 3 is 2.22 bits per heavy atom. The predicted molar refractivity (Wildman–Crippen MR) is 129 cm³/mol. The second-order valence-corrected chi connectivity index (χ2v) is 8.81. The first-order chi connectivity index (χ1) is 15.1. The maximum atomic E-state index is 12.7. The van der Waals surface area contributed by atoms with Gasteiger partial charge in [0.05, 0.1) is 7.11 Å². The third-order valence-electron chi connectivity index (χ3n) is 5.47. The Hall–Kier alpha value is -3.78. The molecule has 5 nitrogen and oxygen atoms in total. The molecule has 1 N–H and O–H groups in total. The maximum absolute atomic E-state index is 12.7. The fraction of sp³-hybridized carbons (Fsp3) is 0.259. The minimum Gasteiger partial charge on any atom is -0.497 e. The molecule has 0 spiro atoms. The molecule has 0 aliphatic rings. The molecule has 0 unspecified atom stereocenters. The molecule has 1 heterocycles. The highest BCUT2D eigenvalue weighted by Gasteiger charge is 2.16. The Labute approximate surface area is 190 Å². The number of hydrogen-bond donors (Lipinski definition) is 1. The first-order valence-electron chi connectivity index (χ1n) is 10.5. The Kier molecular flexibility index (Phi) is 6.55. The third-order valence-corrected chi connectivity index (χ3v) is 5.47. The van der Waals surface area contributed by atoms with E-state index in [2.05, 4.69) is 54.9 Å². The van der Waals surface area contributed by atoms with Gasteiger partial charge in [-0.25, -0.2) is 0 Å². The molecule has 0 fully saturated rings. The van der Waals surface area contributed by atoms with Gasteiger partial charge >= 0.3 is 0 Å². The maximum Gasteiger partial charge on any atom is 0.266 e. The van der Waals surface area contributed by atoms with Gasteiger partial charge in [0, 0.05) is 22.8 Å². The molecular weight excluding hydrogens is 398 g/mol. The van der Waals surface area contributed by atoms with Gasteiger partial charge < -0.3 is 14.6 Å². The molecule has 0 saturated heterocycles. The molecular formula is C27H29N3O2. The molecule has 3 aromatic rings. The van der Waals surface area contributed by atoms with Crippen LogP contribution in [0.3, 0.4) is 0 Å². The number of carbonyl (C=O) groups is 1. The minimum atomic E-state index is -0.447. The van der Waals surface area contributed by atoms with E-state index in [1.807, 2.05) is 26.0 Å². The van der Waals surface area contributed by atoms with E-state index in [0.717, 1.165) is 22.6 Å². The quantitative estimate of drug-likeness (QED) is 0.404. The van der Waals surface area contributed by atoms with Crippen LogP contribution in [0.1, 0.15) is 43.3 Å². The molecule has 164 valence electrons. The van der Waals surface area contributed by atoms with Gasteiger partial charge in [-0.3, -0.25) is 4.79 Å². The zero-order chi connectivity index (χ0) is 23.5. The molecule has 0 saturated carbocycles. The first kappa shape index (κ1) is 22.9. The summed E-state index contributed by atoms with van der Waals surface area (Å²) in [6.07, 6.45) is 1.64. The lowest BCUT2D eigenvalue weighted by Crippen LogP contribution is -2.13. The largest absolute Gasteiger partial charge is 0.497 e. The van der Waals surface area contributed by atoms with Gasteiger partial charge in [-0.05, 0) is 78.9 Å². The lowest BCUT2D eigenvalue weighted by molar-refractivity contribution is -0.112. The molecule has 0 radical (unpaired) electrons. The van der Waals surface area contributed by atoms with Crippen molar-refractivity contribution in [2.75, 3.05) is 12.4 Å². The number of ether oxygens (including phenoxy) is 1. The summed E-state index contributed by atoms with van der Waals surface area (Å²) in [7, 11) is 1.58. The van der Waals surface area contributed by atoms with Crippen molar-refractivity contribution >= 4 is 17.7 Å². The molecule has 1 amide bonds. The molecule has 0 bridgehead atoms. The van der Waals surface area contributed by atoms with Gasteiger partial charge in [-0.2, -0.15) is 5.26 Å². The average molecular weight is 428 g/mol. The molecule has 0 atom stereocenters. The summed E-state index contributed by atoms with van der Waals surface area (Å²) in [5.41, 5.74) is 5.89. The topological polar surface area (TPSA) is 67.0 Å². The van der Waals surface area contributed by atoms with E-state index in [1.54, 1.807) is 37.5 Å². The van der Waals surface area contributed by atoms with Crippen molar-refractivity contribution in [3.63, 3.8) is 0 Å². The van der Waals surface area contributed by atoms with Crippen LogP contribution in [0.25, 0.3) is 11.8 Å². The van der Waals surface area contributed by atoms with E-state index < -0.39 is 5.91 Å². The van der Waals surface area contributed by atoms with Gasteiger partial charge in [0.2, 0.25) is 0 Å². The number of amides is 1.